The van der Waals surface area contributed by atoms with E-state index in [2.05, 4.69) is 97.1 Å². The van der Waals surface area contributed by atoms with Crippen molar-refractivity contribution < 1.29 is 33.3 Å². The van der Waals surface area contributed by atoms with Crippen molar-refractivity contribution >= 4 is 19.4 Å². The van der Waals surface area contributed by atoms with Gasteiger partial charge in [0.2, 0.25) is 0 Å². The Hall–Kier alpha value is -1.31. The van der Waals surface area contributed by atoms with Crippen LogP contribution in [0.4, 0.5) is 0 Å². The van der Waals surface area contributed by atoms with E-state index in [-0.39, 0.29) is 29.6 Å². The maximum Gasteiger partial charge on any atom is 1.00 e. The molecule has 0 fully saturated rings. The molecule has 0 unspecified atom stereocenters. The Bertz CT molecular complexity index is 841. The van der Waals surface area contributed by atoms with Gasteiger partial charge in [-0.15, -0.1) is 10.6 Å². The van der Waals surface area contributed by atoms with Crippen LogP contribution in [0.3, 0.4) is 0 Å². The second kappa shape index (κ2) is 12.5. The molecule has 0 amide bonds. The topological polar surface area (TPSA) is 12.5 Å². The van der Waals surface area contributed by atoms with E-state index in [1.165, 1.54) is 11.1 Å². The van der Waals surface area contributed by atoms with Crippen LogP contribution < -0.4 is 29.6 Å². The van der Waals surface area contributed by atoms with Gasteiger partial charge in [0.1, 0.15) is 0 Å². The van der Waals surface area contributed by atoms with Crippen LogP contribution in [0.25, 0.3) is 5.76 Å². The van der Waals surface area contributed by atoms with E-state index in [1.54, 1.807) is 0 Å². The third-order valence-electron chi connectivity index (χ3n) is 5.86. The van der Waals surface area contributed by atoms with Gasteiger partial charge < -0.3 is 7.67 Å². The molecular weight excluding hydrogens is 392 g/mol. The van der Waals surface area contributed by atoms with E-state index in [9.17, 15) is 0 Å². The molecule has 3 aromatic carbocycles. The Balaban J connectivity index is 0.00000320. The van der Waals surface area contributed by atoms with E-state index in [4.69, 9.17) is 3.79 Å². The van der Waals surface area contributed by atoms with Crippen LogP contribution in [0.15, 0.2) is 97.6 Å². The monoisotopic (exact) mass is 423 g/mol. The average Bonchev–Trinajstić information content (AvgIpc) is 2.79. The molecule has 3 aromatic rings. The van der Waals surface area contributed by atoms with Crippen molar-refractivity contribution in [1.82, 2.24) is 3.88 Å². The molecule has 0 heterocycles. The molecule has 0 aromatic heterocycles. The molecule has 0 aliphatic carbocycles. The van der Waals surface area contributed by atoms with E-state index < -0.39 is 13.6 Å². The minimum atomic E-state index is -2.61. The molecule has 3 rings (SSSR count). The summed E-state index contributed by atoms with van der Waals surface area (Å²) in [6, 6.07) is 31.7. The quantitative estimate of drug-likeness (QED) is 0.363. The molecule has 0 spiro atoms. The molecule has 30 heavy (non-hydrogen) atoms. The Labute approximate surface area is 207 Å². The van der Waals surface area contributed by atoms with Crippen molar-refractivity contribution in [2.45, 2.75) is 37.5 Å². The summed E-state index contributed by atoms with van der Waals surface area (Å²) in [5.74, 6) is 0.797. The fraction of sp³-hybridized carbons (Fsp3) is 0.231. The van der Waals surface area contributed by atoms with Crippen LogP contribution in [0.2, 0.25) is 10.6 Å². The van der Waals surface area contributed by atoms with Crippen molar-refractivity contribution in [3.8, 4) is 0 Å². The van der Waals surface area contributed by atoms with E-state index in [0.29, 0.717) is 0 Å². The fourth-order valence-corrected chi connectivity index (χ4v) is 7.87. The zero-order chi connectivity index (χ0) is 20.5. The van der Waals surface area contributed by atoms with Crippen molar-refractivity contribution in [3.63, 3.8) is 0 Å². The minimum Gasteiger partial charge on any atom is -0.786 e. The van der Waals surface area contributed by atoms with Crippen molar-refractivity contribution in [3.05, 3.63) is 114 Å². The molecule has 2 nitrogen and oxygen atoms in total. The van der Waals surface area contributed by atoms with Gasteiger partial charge in [-0.3, -0.25) is 0 Å². The molecule has 0 aliphatic rings. The van der Waals surface area contributed by atoms with Gasteiger partial charge >= 0.3 is 43.2 Å². The van der Waals surface area contributed by atoms with Crippen molar-refractivity contribution in [1.29, 1.82) is 0 Å². The summed E-state index contributed by atoms with van der Waals surface area (Å²) in [7, 11) is 0. The number of nitrogens with zero attached hydrogens (tertiary/aromatic N) is 1. The second-order valence-electron chi connectivity index (χ2n) is 7.69. The summed E-state index contributed by atoms with van der Waals surface area (Å²) in [6.07, 6.45) is 0. The van der Waals surface area contributed by atoms with Gasteiger partial charge in [0.05, 0.1) is 0 Å². The molecular formula is C26H31AlNNaO. The summed E-state index contributed by atoms with van der Waals surface area (Å²) < 4.78 is 9.44. The van der Waals surface area contributed by atoms with E-state index in [1.807, 2.05) is 18.2 Å². The van der Waals surface area contributed by atoms with Crippen LogP contribution >= 0.6 is 0 Å². The van der Waals surface area contributed by atoms with Crippen molar-refractivity contribution in [2.24, 2.45) is 0 Å². The summed E-state index contributed by atoms with van der Waals surface area (Å²) in [4.78, 5) is 0. The maximum absolute atomic E-state index is 6.83. The van der Waals surface area contributed by atoms with Gasteiger partial charge in [-0.25, -0.2) is 0 Å². The molecule has 4 heteroatoms. The molecule has 0 radical (unpaired) electrons. The normalized spacial score (nSPS) is 11.0. The Morgan fingerprint density at radius 3 is 1.53 bits per heavy atom. The van der Waals surface area contributed by atoms with Crippen LogP contribution in [0.5, 0.6) is 0 Å². The molecule has 150 valence electrons. The van der Waals surface area contributed by atoms with Gasteiger partial charge in [0.15, 0.2) is 0 Å². The van der Waals surface area contributed by atoms with E-state index >= 15 is 0 Å². The van der Waals surface area contributed by atoms with Gasteiger partial charge in [0, 0.05) is 11.3 Å². The molecule has 0 bridgehead atoms. The third-order valence-corrected chi connectivity index (χ3v) is 10.8. The van der Waals surface area contributed by atoms with Gasteiger partial charge in [-0.05, 0) is 24.2 Å². The first-order valence-electron chi connectivity index (χ1n) is 10.6. The number of benzene rings is 3. The first-order chi connectivity index (χ1) is 14.2. The van der Waals surface area contributed by atoms with Gasteiger partial charge in [0.25, 0.3) is 0 Å². The standard InChI is InChI=1S/C14H14N.C8H8O.2C2H5.Al.Na/c1-3-7-13(8-4-1)11-15-12-14-9-5-2-6-10-14;1-7(9)8-5-3-2-4-6-8;2*1-2;;/h1-10H,11-12H2;2-6,9H,1H2;2*1H2,2H3;;/q-1;;;;2*+1/p-1. The Kier molecular flexibility index (Phi) is 10.4. The smallest absolute Gasteiger partial charge is 0.786 e. The predicted molar refractivity (Wildman–Crippen MR) is 125 cm³/mol. The zero-order valence-electron chi connectivity index (χ0n) is 18.6. The number of hydrogen-bond donors (Lipinski definition) is 0. The second-order valence-corrected chi connectivity index (χ2v) is 12.5. The van der Waals surface area contributed by atoms with Crippen LogP contribution in [0.1, 0.15) is 30.5 Å². The number of hydrogen-bond acceptors (Lipinski definition) is 2. The zero-order valence-corrected chi connectivity index (χ0v) is 21.8. The van der Waals surface area contributed by atoms with Crippen molar-refractivity contribution in [2.75, 3.05) is 0 Å². The Morgan fingerprint density at radius 2 is 1.13 bits per heavy atom. The van der Waals surface area contributed by atoms with E-state index in [0.717, 1.165) is 35.0 Å². The summed E-state index contributed by atoms with van der Waals surface area (Å²) in [5.41, 5.74) is 3.71. The maximum atomic E-state index is 6.83. The fourth-order valence-electron chi connectivity index (χ4n) is 4.03. The van der Waals surface area contributed by atoms with Crippen LogP contribution in [-0.2, 0) is 16.9 Å². The summed E-state index contributed by atoms with van der Waals surface area (Å²) in [6.45, 7) is 10.6. The number of rotatable bonds is 10. The van der Waals surface area contributed by atoms with Crippen LogP contribution in [0, 0.1) is 0 Å². The molecule has 0 N–H and O–H groups in total. The van der Waals surface area contributed by atoms with Gasteiger partial charge in [-0.1, -0.05) is 111 Å². The molecule has 0 atom stereocenters. The Morgan fingerprint density at radius 1 is 0.733 bits per heavy atom. The third kappa shape index (κ3) is 6.59. The van der Waals surface area contributed by atoms with Gasteiger partial charge in [-0.2, -0.15) is 0 Å². The summed E-state index contributed by atoms with van der Waals surface area (Å²) in [5, 5.41) is 2.07. The molecule has 0 aliphatic heterocycles. The molecule has 0 saturated heterocycles. The first-order valence-corrected chi connectivity index (χ1v) is 13.2. The molecule has 0 saturated carbocycles. The first kappa shape index (κ1) is 25.0. The summed E-state index contributed by atoms with van der Waals surface area (Å²) >= 11 is -2.61. The average molecular weight is 424 g/mol. The largest absolute Gasteiger partial charge is 1.00 e. The minimum absolute atomic E-state index is 0. The predicted octanol–water partition coefficient (Wildman–Crippen LogP) is 3.86. The SMILES string of the molecule is C=C([O][Al-]([CH2]C)([CH2]C)[N](Cc1ccccc1)Cc1ccccc1)c1ccccc1.[Na+]. The van der Waals surface area contributed by atoms with Crippen LogP contribution in [-0.4, -0.2) is 17.5 Å².